The van der Waals surface area contributed by atoms with E-state index in [1.165, 1.54) is 0 Å². The second kappa shape index (κ2) is 5.01. The fourth-order valence-corrected chi connectivity index (χ4v) is 4.22. The SMILES string of the molecule is N#CC1=c2c(c3ccc(=O)c4c(C5CCCCO5)ccc2c4-3)NC1=O. The first-order chi connectivity index (χ1) is 12.2. The molecule has 2 aliphatic heterocycles. The Morgan fingerprint density at radius 1 is 1.16 bits per heavy atom. The van der Waals surface area contributed by atoms with E-state index in [2.05, 4.69) is 5.32 Å². The number of carbonyl (C=O) groups excluding carboxylic acids is 1. The van der Waals surface area contributed by atoms with Gasteiger partial charge in [-0.25, -0.2) is 0 Å². The highest BCUT2D eigenvalue weighted by Gasteiger charge is 2.32. The van der Waals surface area contributed by atoms with Gasteiger partial charge in [0.2, 0.25) is 0 Å². The number of nitrogens with zero attached hydrogens (tertiary/aromatic N) is 1. The van der Waals surface area contributed by atoms with E-state index in [1.54, 1.807) is 12.1 Å². The summed E-state index contributed by atoms with van der Waals surface area (Å²) in [6.07, 6.45) is 2.95. The van der Waals surface area contributed by atoms with Gasteiger partial charge in [0, 0.05) is 28.3 Å². The Balaban J connectivity index is 1.92. The Bertz CT molecular complexity index is 1150. The van der Waals surface area contributed by atoms with Gasteiger partial charge in [-0.3, -0.25) is 9.59 Å². The number of hydrogen-bond acceptors (Lipinski definition) is 4. The topological polar surface area (TPSA) is 79.2 Å². The predicted octanol–water partition coefficient (Wildman–Crippen LogP) is 2.33. The summed E-state index contributed by atoms with van der Waals surface area (Å²) < 4.78 is 5.90. The number of carbonyl (C=O) groups is 1. The number of ether oxygens (including phenoxy) is 1. The standard InChI is InChI=1S/C20H14N2O3/c21-9-13-17-11-5-4-10(15-3-1-2-8-25-15)18-14(23)7-6-12(16(11)18)19(17)22-20(13)24/h4-7,15H,1-3,8H2,(H,22,24). The van der Waals surface area contributed by atoms with Crippen molar-refractivity contribution < 1.29 is 9.53 Å². The molecule has 1 aromatic rings. The Morgan fingerprint density at radius 2 is 2.04 bits per heavy atom. The monoisotopic (exact) mass is 330 g/mol. The fraction of sp³-hybridized carbons (Fsp3) is 0.250. The van der Waals surface area contributed by atoms with Crippen LogP contribution in [0.3, 0.4) is 0 Å². The summed E-state index contributed by atoms with van der Waals surface area (Å²) in [4.78, 5) is 24.7. The molecule has 1 N–H and O–H groups in total. The van der Waals surface area contributed by atoms with Crippen LogP contribution in [0.15, 0.2) is 29.1 Å². The Morgan fingerprint density at radius 3 is 2.80 bits per heavy atom. The number of rotatable bonds is 1. The van der Waals surface area contributed by atoms with Crippen molar-refractivity contribution in [1.82, 2.24) is 0 Å². The lowest BCUT2D eigenvalue weighted by molar-refractivity contribution is -0.110. The number of amides is 1. The van der Waals surface area contributed by atoms with Crippen LogP contribution in [0.1, 0.15) is 30.9 Å². The zero-order valence-corrected chi connectivity index (χ0v) is 13.4. The van der Waals surface area contributed by atoms with Gasteiger partial charge >= 0.3 is 0 Å². The second-order valence-corrected chi connectivity index (χ2v) is 6.61. The lowest BCUT2D eigenvalue weighted by Gasteiger charge is -2.24. The van der Waals surface area contributed by atoms with E-state index in [4.69, 9.17) is 4.74 Å². The Labute approximate surface area is 143 Å². The van der Waals surface area contributed by atoms with Crippen molar-refractivity contribution in [3.05, 3.63) is 45.3 Å². The van der Waals surface area contributed by atoms with Crippen molar-refractivity contribution in [3.8, 4) is 17.2 Å². The molecule has 1 unspecified atom stereocenters. The van der Waals surface area contributed by atoms with Crippen molar-refractivity contribution in [3.63, 3.8) is 0 Å². The molecule has 2 heterocycles. The molecule has 0 bridgehead atoms. The number of anilines is 1. The molecule has 0 aromatic heterocycles. The third kappa shape index (κ3) is 1.80. The van der Waals surface area contributed by atoms with E-state index < -0.39 is 0 Å². The van der Waals surface area contributed by atoms with Gasteiger partial charge in [0.1, 0.15) is 11.6 Å². The van der Waals surface area contributed by atoms with Crippen molar-refractivity contribution in [2.24, 2.45) is 0 Å². The molecule has 1 saturated heterocycles. The average Bonchev–Trinajstić information content (AvgIpc) is 3.12. The largest absolute Gasteiger partial charge is 0.374 e. The lowest BCUT2D eigenvalue weighted by atomic mass is 9.91. The number of fused-ring (bicyclic) bond motifs is 3. The highest BCUT2D eigenvalue weighted by Crippen LogP contribution is 2.42. The minimum atomic E-state index is -0.378. The summed E-state index contributed by atoms with van der Waals surface area (Å²) in [5.41, 5.74) is 3.27. The van der Waals surface area contributed by atoms with Gasteiger partial charge in [-0.2, -0.15) is 5.26 Å². The van der Waals surface area contributed by atoms with E-state index in [1.807, 2.05) is 18.2 Å². The summed E-state index contributed by atoms with van der Waals surface area (Å²) in [5.74, 6) is -0.378. The zero-order valence-electron chi connectivity index (χ0n) is 13.4. The van der Waals surface area contributed by atoms with Crippen LogP contribution in [0.5, 0.6) is 0 Å². The second-order valence-electron chi connectivity index (χ2n) is 6.61. The molecule has 5 nitrogen and oxygen atoms in total. The molecule has 1 fully saturated rings. The average molecular weight is 330 g/mol. The Hall–Kier alpha value is -2.97. The Kier molecular flexibility index (Phi) is 2.88. The molecule has 0 saturated carbocycles. The van der Waals surface area contributed by atoms with Crippen LogP contribution in [-0.2, 0) is 9.53 Å². The normalized spacial score (nSPS) is 20.0. The first-order valence-corrected chi connectivity index (χ1v) is 8.42. The first-order valence-electron chi connectivity index (χ1n) is 8.42. The number of nitrogens with one attached hydrogen (secondary N) is 1. The van der Waals surface area contributed by atoms with Crippen molar-refractivity contribution >= 4 is 27.9 Å². The third-order valence-corrected chi connectivity index (χ3v) is 5.30. The van der Waals surface area contributed by atoms with Crippen LogP contribution in [-0.4, -0.2) is 12.5 Å². The molecular formula is C20H14N2O3. The molecule has 0 radical (unpaired) electrons. The smallest absolute Gasteiger partial charge is 0.267 e. The van der Waals surface area contributed by atoms with E-state index in [-0.39, 0.29) is 23.0 Å². The third-order valence-electron chi connectivity index (χ3n) is 5.30. The maximum atomic E-state index is 12.7. The van der Waals surface area contributed by atoms with Gasteiger partial charge in [-0.05, 0) is 42.3 Å². The van der Waals surface area contributed by atoms with Crippen molar-refractivity contribution in [2.45, 2.75) is 25.4 Å². The summed E-state index contributed by atoms with van der Waals surface area (Å²) in [6, 6.07) is 9.12. The van der Waals surface area contributed by atoms with Gasteiger partial charge in [-0.15, -0.1) is 0 Å². The van der Waals surface area contributed by atoms with Crippen LogP contribution >= 0.6 is 0 Å². The van der Waals surface area contributed by atoms with Crippen molar-refractivity contribution in [1.29, 1.82) is 5.26 Å². The summed E-state index contributed by atoms with van der Waals surface area (Å²) >= 11 is 0. The van der Waals surface area contributed by atoms with Crippen molar-refractivity contribution in [2.75, 3.05) is 11.9 Å². The minimum Gasteiger partial charge on any atom is -0.374 e. The molecule has 25 heavy (non-hydrogen) atoms. The predicted molar refractivity (Wildman–Crippen MR) is 93.4 cm³/mol. The maximum absolute atomic E-state index is 12.7. The molecule has 2 aliphatic carbocycles. The molecule has 4 aliphatic rings. The highest BCUT2D eigenvalue weighted by atomic mass is 16.5. The highest BCUT2D eigenvalue weighted by molar-refractivity contribution is 6.32. The van der Waals surface area contributed by atoms with E-state index in [9.17, 15) is 14.9 Å². The number of benzene rings is 2. The van der Waals surface area contributed by atoms with Gasteiger partial charge in [-0.1, -0.05) is 12.1 Å². The van der Waals surface area contributed by atoms with E-state index >= 15 is 0 Å². The summed E-state index contributed by atoms with van der Waals surface area (Å²) in [7, 11) is 0. The molecule has 122 valence electrons. The minimum absolute atomic E-state index is 0.0456. The lowest BCUT2D eigenvalue weighted by Crippen LogP contribution is -2.15. The van der Waals surface area contributed by atoms with E-state index in [0.29, 0.717) is 22.9 Å². The van der Waals surface area contributed by atoms with Crippen LogP contribution in [0, 0.1) is 11.3 Å². The van der Waals surface area contributed by atoms with Crippen LogP contribution in [0.2, 0.25) is 0 Å². The van der Waals surface area contributed by atoms with Crippen LogP contribution in [0.4, 0.5) is 5.69 Å². The maximum Gasteiger partial charge on any atom is 0.267 e. The molecule has 5 heteroatoms. The molecule has 5 rings (SSSR count). The zero-order chi connectivity index (χ0) is 17.1. The molecule has 1 amide bonds. The molecular weight excluding hydrogens is 316 g/mol. The number of hydrogen-bond donors (Lipinski definition) is 1. The van der Waals surface area contributed by atoms with Gasteiger partial charge in [0.15, 0.2) is 5.43 Å². The molecule has 0 spiro atoms. The van der Waals surface area contributed by atoms with Crippen LogP contribution in [0.25, 0.3) is 27.5 Å². The molecule has 1 atom stereocenters. The quantitative estimate of drug-likeness (QED) is 0.743. The van der Waals surface area contributed by atoms with Gasteiger partial charge in [0.05, 0.1) is 11.8 Å². The van der Waals surface area contributed by atoms with Gasteiger partial charge < -0.3 is 10.1 Å². The fourth-order valence-electron chi connectivity index (χ4n) is 4.22. The summed E-state index contributed by atoms with van der Waals surface area (Å²) in [6.45, 7) is 0.707. The first kappa shape index (κ1) is 14.4. The molecule has 1 aromatic carbocycles. The number of nitriles is 1. The van der Waals surface area contributed by atoms with Crippen LogP contribution < -0.4 is 16.0 Å². The summed E-state index contributed by atoms with van der Waals surface area (Å²) in [5, 5.41) is 14.2. The van der Waals surface area contributed by atoms with Gasteiger partial charge in [0.25, 0.3) is 5.91 Å². The van der Waals surface area contributed by atoms with E-state index in [0.717, 1.165) is 41.3 Å².